The number of nitrogens with one attached hydrogen (secondary N) is 1. The molecule has 2 aromatic carbocycles. The summed E-state index contributed by atoms with van der Waals surface area (Å²) in [6.45, 7) is 3.93. The largest absolute Gasteiger partial charge is 0.489 e. The van der Waals surface area contributed by atoms with E-state index in [4.69, 9.17) is 16.3 Å². The summed E-state index contributed by atoms with van der Waals surface area (Å²) in [5.41, 5.74) is 0.646. The minimum Gasteiger partial charge on any atom is -0.489 e. The molecule has 23 heavy (non-hydrogen) atoms. The van der Waals surface area contributed by atoms with Gasteiger partial charge in [-0.05, 0) is 36.4 Å². The Balaban J connectivity index is 2.12. The van der Waals surface area contributed by atoms with Gasteiger partial charge in [-0.2, -0.15) is 13.5 Å². The molecular weight excluding hydrogens is 336 g/mol. The lowest BCUT2D eigenvalue weighted by Gasteiger charge is -2.06. The van der Waals surface area contributed by atoms with E-state index in [1.165, 1.54) is 30.5 Å². The lowest BCUT2D eigenvalue weighted by Crippen LogP contribution is -2.18. The molecule has 0 aliphatic carbocycles. The Bertz CT molecular complexity index is 802. The Morgan fingerprint density at radius 2 is 1.87 bits per heavy atom. The Kier molecular flexibility index (Phi) is 5.78. The molecule has 0 bridgehead atoms. The van der Waals surface area contributed by atoms with Crippen LogP contribution in [0.5, 0.6) is 5.75 Å². The third kappa shape index (κ3) is 4.84. The van der Waals surface area contributed by atoms with Crippen LogP contribution in [0.2, 0.25) is 5.02 Å². The van der Waals surface area contributed by atoms with Crippen molar-refractivity contribution in [1.29, 1.82) is 0 Å². The molecule has 0 spiro atoms. The predicted molar refractivity (Wildman–Crippen MR) is 91.5 cm³/mol. The van der Waals surface area contributed by atoms with E-state index in [1.807, 2.05) is 6.07 Å². The van der Waals surface area contributed by atoms with Gasteiger partial charge in [-0.3, -0.25) is 0 Å². The molecule has 0 aromatic heterocycles. The van der Waals surface area contributed by atoms with E-state index in [0.29, 0.717) is 22.9 Å². The fourth-order valence-corrected chi connectivity index (χ4v) is 2.62. The number of hydrogen-bond donors (Lipinski definition) is 1. The number of para-hydroxylation sites is 1. The number of hydrazone groups is 1. The van der Waals surface area contributed by atoms with Crippen molar-refractivity contribution in [2.75, 3.05) is 6.61 Å². The van der Waals surface area contributed by atoms with E-state index in [9.17, 15) is 8.42 Å². The highest BCUT2D eigenvalue weighted by Crippen LogP contribution is 2.16. The van der Waals surface area contributed by atoms with Gasteiger partial charge in [0.15, 0.2) is 0 Å². The van der Waals surface area contributed by atoms with Crippen LogP contribution in [0.15, 0.2) is 71.2 Å². The highest BCUT2D eigenvalue weighted by molar-refractivity contribution is 7.89. The van der Waals surface area contributed by atoms with Crippen molar-refractivity contribution in [2.24, 2.45) is 5.10 Å². The fourth-order valence-electron chi connectivity index (χ4n) is 1.70. The molecule has 0 saturated heterocycles. The van der Waals surface area contributed by atoms with Gasteiger partial charge < -0.3 is 4.74 Å². The number of hydrogen-bond acceptors (Lipinski definition) is 4. The van der Waals surface area contributed by atoms with Crippen molar-refractivity contribution in [3.05, 3.63) is 71.8 Å². The van der Waals surface area contributed by atoms with Crippen LogP contribution in [0, 0.1) is 0 Å². The van der Waals surface area contributed by atoms with Gasteiger partial charge in [-0.25, -0.2) is 4.83 Å². The van der Waals surface area contributed by atoms with Crippen molar-refractivity contribution in [3.63, 3.8) is 0 Å². The van der Waals surface area contributed by atoms with Gasteiger partial charge in [0.2, 0.25) is 0 Å². The summed E-state index contributed by atoms with van der Waals surface area (Å²) in [6, 6.07) is 12.9. The first-order chi connectivity index (χ1) is 11.0. The van der Waals surface area contributed by atoms with E-state index in [0.717, 1.165) is 0 Å². The topological polar surface area (TPSA) is 67.8 Å². The van der Waals surface area contributed by atoms with Crippen LogP contribution in [0.4, 0.5) is 0 Å². The van der Waals surface area contributed by atoms with E-state index in [2.05, 4.69) is 16.5 Å². The van der Waals surface area contributed by atoms with E-state index < -0.39 is 10.0 Å². The second-order valence-corrected chi connectivity index (χ2v) is 6.54. The number of benzene rings is 2. The first-order valence-electron chi connectivity index (χ1n) is 6.66. The van der Waals surface area contributed by atoms with E-state index in [-0.39, 0.29) is 4.90 Å². The van der Waals surface area contributed by atoms with Gasteiger partial charge in [0.1, 0.15) is 12.4 Å². The molecule has 0 aliphatic rings. The first kappa shape index (κ1) is 17.1. The maximum absolute atomic E-state index is 12.1. The maximum atomic E-state index is 12.1. The van der Waals surface area contributed by atoms with E-state index in [1.54, 1.807) is 24.3 Å². The maximum Gasteiger partial charge on any atom is 0.276 e. The lowest BCUT2D eigenvalue weighted by atomic mass is 10.2. The standard InChI is InChI=1S/C16H15ClN2O3S/c1-2-11-22-16-6-4-3-5-13(16)12-18-19-23(20,21)15-9-7-14(17)8-10-15/h2-10,12,19H,1,11H2/b18-12-. The Morgan fingerprint density at radius 3 is 2.57 bits per heavy atom. The van der Waals surface area contributed by atoms with Crippen molar-refractivity contribution >= 4 is 27.8 Å². The summed E-state index contributed by atoms with van der Waals surface area (Å²) in [5.74, 6) is 0.585. The quantitative estimate of drug-likeness (QED) is 0.473. The summed E-state index contributed by atoms with van der Waals surface area (Å²) >= 11 is 5.74. The minimum absolute atomic E-state index is 0.0789. The number of rotatable bonds is 7. The van der Waals surface area contributed by atoms with Crippen LogP contribution in [0.25, 0.3) is 0 Å². The average molecular weight is 351 g/mol. The number of nitrogens with zero attached hydrogens (tertiary/aromatic N) is 1. The highest BCUT2D eigenvalue weighted by atomic mass is 35.5. The van der Waals surface area contributed by atoms with Crippen LogP contribution < -0.4 is 9.57 Å². The molecule has 2 rings (SSSR count). The molecule has 0 radical (unpaired) electrons. The molecule has 0 amide bonds. The molecule has 0 unspecified atom stereocenters. The van der Waals surface area contributed by atoms with Gasteiger partial charge >= 0.3 is 0 Å². The Hall–Kier alpha value is -2.31. The summed E-state index contributed by atoms with van der Waals surface area (Å²) in [6.07, 6.45) is 3.00. The average Bonchev–Trinajstić information content (AvgIpc) is 2.54. The van der Waals surface area contributed by atoms with Crippen molar-refractivity contribution in [1.82, 2.24) is 4.83 Å². The third-order valence-electron chi connectivity index (χ3n) is 2.78. The SMILES string of the molecule is C=CCOc1ccccc1/C=N\NS(=O)(=O)c1ccc(Cl)cc1. The van der Waals surface area contributed by atoms with Crippen LogP contribution in [0.3, 0.4) is 0 Å². The number of ether oxygens (including phenoxy) is 1. The van der Waals surface area contributed by atoms with Crippen LogP contribution in [-0.4, -0.2) is 21.2 Å². The number of sulfonamides is 1. The van der Waals surface area contributed by atoms with Crippen LogP contribution in [0.1, 0.15) is 5.56 Å². The fraction of sp³-hybridized carbons (Fsp3) is 0.0625. The molecule has 0 aliphatic heterocycles. The van der Waals surface area contributed by atoms with Crippen molar-refractivity contribution in [3.8, 4) is 5.75 Å². The molecule has 120 valence electrons. The molecule has 0 saturated carbocycles. The van der Waals surface area contributed by atoms with Crippen molar-refractivity contribution in [2.45, 2.75) is 4.90 Å². The zero-order valence-corrected chi connectivity index (χ0v) is 13.7. The highest BCUT2D eigenvalue weighted by Gasteiger charge is 2.12. The molecule has 1 N–H and O–H groups in total. The van der Waals surface area contributed by atoms with Gasteiger partial charge in [0.25, 0.3) is 10.0 Å². The van der Waals surface area contributed by atoms with Gasteiger partial charge in [-0.1, -0.05) is 36.4 Å². The normalized spacial score (nSPS) is 11.3. The zero-order chi connectivity index (χ0) is 16.7. The summed E-state index contributed by atoms with van der Waals surface area (Å²) in [4.78, 5) is 2.23. The lowest BCUT2D eigenvalue weighted by molar-refractivity contribution is 0.362. The van der Waals surface area contributed by atoms with Crippen LogP contribution >= 0.6 is 11.6 Å². The molecule has 2 aromatic rings. The molecular formula is C16H15ClN2O3S. The zero-order valence-electron chi connectivity index (χ0n) is 12.1. The summed E-state index contributed by atoms with van der Waals surface area (Å²) < 4.78 is 29.6. The molecule has 7 heteroatoms. The molecule has 0 fully saturated rings. The van der Waals surface area contributed by atoms with Gasteiger partial charge in [0.05, 0.1) is 11.1 Å². The predicted octanol–water partition coefficient (Wildman–Crippen LogP) is 3.22. The van der Waals surface area contributed by atoms with Crippen LogP contribution in [-0.2, 0) is 10.0 Å². The van der Waals surface area contributed by atoms with Gasteiger partial charge in [-0.15, -0.1) is 0 Å². The second kappa shape index (κ2) is 7.80. The van der Waals surface area contributed by atoms with E-state index >= 15 is 0 Å². The molecule has 0 heterocycles. The first-order valence-corrected chi connectivity index (χ1v) is 8.52. The molecule has 0 atom stereocenters. The number of halogens is 1. The summed E-state index contributed by atoms with van der Waals surface area (Å²) in [5, 5.41) is 4.24. The Morgan fingerprint density at radius 1 is 1.17 bits per heavy atom. The third-order valence-corrected chi connectivity index (χ3v) is 4.27. The molecule has 5 nitrogen and oxygen atoms in total. The monoisotopic (exact) mass is 350 g/mol. The van der Waals surface area contributed by atoms with Crippen molar-refractivity contribution < 1.29 is 13.2 Å². The minimum atomic E-state index is -3.74. The smallest absolute Gasteiger partial charge is 0.276 e. The second-order valence-electron chi connectivity index (χ2n) is 4.44. The van der Waals surface area contributed by atoms with Gasteiger partial charge in [0, 0.05) is 10.6 Å². The Labute approximate surface area is 140 Å². The summed E-state index contributed by atoms with van der Waals surface area (Å²) in [7, 11) is -3.74.